The minimum atomic E-state index is -1.91. The summed E-state index contributed by atoms with van der Waals surface area (Å²) in [6.45, 7) is 8.64. The molecule has 3 unspecified atom stereocenters. The van der Waals surface area contributed by atoms with Crippen LogP contribution in [0.15, 0.2) is 127 Å². The van der Waals surface area contributed by atoms with Gasteiger partial charge in [-0.1, -0.05) is 155 Å². The summed E-state index contributed by atoms with van der Waals surface area (Å²) in [4.78, 5) is 60.1. The van der Waals surface area contributed by atoms with E-state index in [-0.39, 0.29) is 76.1 Å². The molecule has 0 heterocycles. The number of nitro groups is 4. The van der Waals surface area contributed by atoms with Crippen molar-refractivity contribution in [2.24, 2.45) is 5.73 Å². The summed E-state index contributed by atoms with van der Waals surface area (Å²) in [5, 5.41) is 86.9. The van der Waals surface area contributed by atoms with Crippen molar-refractivity contribution in [1.82, 2.24) is 0 Å². The highest BCUT2D eigenvalue weighted by Gasteiger charge is 2.44. The maximum atomic E-state index is 11.4. The number of Topliss-reactive ketones (excluding diaryl/α,β-unsaturated/α-hetero) is 2. The van der Waals surface area contributed by atoms with Gasteiger partial charge in [-0.05, 0) is 71.1 Å². The summed E-state index contributed by atoms with van der Waals surface area (Å²) < 4.78 is 5.14. The number of rotatable bonds is 23. The van der Waals surface area contributed by atoms with Gasteiger partial charge in [0.15, 0.2) is 5.78 Å². The fourth-order valence-corrected chi connectivity index (χ4v) is 6.46. The van der Waals surface area contributed by atoms with E-state index in [1.807, 2.05) is 107 Å². The van der Waals surface area contributed by atoms with Crippen LogP contribution in [-0.2, 0) is 15.7 Å². The molecule has 0 radical (unpaired) electrons. The smallest absolute Gasteiger partial charge is 0.270 e. The number of hydrogen-bond donors (Lipinski definition) is 6. The van der Waals surface area contributed by atoms with Crippen molar-refractivity contribution in [1.29, 1.82) is 0 Å². The van der Waals surface area contributed by atoms with Crippen LogP contribution in [0.5, 0.6) is 0 Å². The van der Waals surface area contributed by atoms with Gasteiger partial charge in [0.25, 0.3) is 5.54 Å². The average molecular weight is 1100 g/mol. The Morgan fingerprint density at radius 1 is 0.597 bits per heavy atom. The predicted octanol–water partition coefficient (Wildman–Crippen LogP) is 7.87. The normalized spacial score (nSPS) is 11.3. The Balaban J connectivity index is 0. The van der Waals surface area contributed by atoms with E-state index < -0.39 is 45.2 Å². The van der Waals surface area contributed by atoms with Gasteiger partial charge < -0.3 is 35.8 Å². The Morgan fingerprint density at radius 2 is 1.00 bits per heavy atom. The Labute approximate surface area is 453 Å². The molecule has 77 heavy (non-hydrogen) atoms. The van der Waals surface area contributed by atoms with Crippen molar-refractivity contribution in [3.63, 3.8) is 0 Å². The molecular formula is C55H78N5O16P. The number of carbonyl (C=O) groups is 2. The number of hydrogen-bond acceptors (Lipinski definition) is 17. The second-order valence-corrected chi connectivity index (χ2v) is 18.5. The molecule has 0 bridgehead atoms. The summed E-state index contributed by atoms with van der Waals surface area (Å²) in [6.07, 6.45) is 0.107. The molecule has 5 aromatic carbocycles. The average Bonchev–Trinajstić information content (AvgIpc) is 3.40. The topological polar surface area (TPSA) is 343 Å². The van der Waals surface area contributed by atoms with Crippen molar-refractivity contribution >= 4 is 21.0 Å². The van der Waals surface area contributed by atoms with E-state index in [1.54, 1.807) is 36.4 Å². The van der Waals surface area contributed by atoms with Gasteiger partial charge in [-0.2, -0.15) is 0 Å². The third-order valence-electron chi connectivity index (χ3n) is 11.3. The van der Waals surface area contributed by atoms with Gasteiger partial charge in [-0.15, -0.1) is 0 Å². The number of aliphatic hydroxyl groups excluding tert-OH is 5. The summed E-state index contributed by atoms with van der Waals surface area (Å²) >= 11 is 0. The predicted molar refractivity (Wildman–Crippen MR) is 299 cm³/mol. The van der Waals surface area contributed by atoms with Gasteiger partial charge in [0.05, 0.1) is 50.2 Å². The van der Waals surface area contributed by atoms with Gasteiger partial charge in [0, 0.05) is 42.6 Å². The highest BCUT2D eigenvalue weighted by atomic mass is 31.0. The Kier molecular flexibility index (Phi) is 35.3. The molecule has 5 rings (SSSR count). The molecule has 0 aromatic heterocycles. The van der Waals surface area contributed by atoms with E-state index in [0.29, 0.717) is 24.0 Å². The second-order valence-electron chi connectivity index (χ2n) is 18.2. The Morgan fingerprint density at radius 3 is 1.35 bits per heavy atom. The molecule has 21 nitrogen and oxygen atoms in total. The SMILES string of the molecule is CC(=O)CC[N+](=O)[O-].Cc1ccc(C(=O)CC[N+](=O)[O-])cc1.Cc1ccc(C(CC[N+](=O)[O-])OP)cc1.Cc1ccc(C(O)CC(CO)(CO)[N+](=O)[O-])cc1.Cc1ccc(CCC(N)(CO)CO)cc1.Cc1ccccc1.[HH]. The zero-order valence-corrected chi connectivity index (χ0v) is 45.8. The molecule has 0 saturated heterocycles. The summed E-state index contributed by atoms with van der Waals surface area (Å²) in [6, 6.07) is 40.2. The van der Waals surface area contributed by atoms with Gasteiger partial charge in [0.1, 0.15) is 19.0 Å². The lowest BCUT2D eigenvalue weighted by Gasteiger charge is -2.24. The number of aryl methyl sites for hydroxylation is 6. The van der Waals surface area contributed by atoms with E-state index in [9.17, 15) is 55.2 Å². The van der Waals surface area contributed by atoms with E-state index in [0.717, 1.165) is 28.7 Å². The molecule has 424 valence electrons. The molecule has 0 amide bonds. The Bertz CT molecular complexity index is 2470. The molecule has 0 aliphatic heterocycles. The quantitative estimate of drug-likeness (QED) is 0.0157. The fraction of sp³-hybridized carbons (Fsp3) is 0.418. The summed E-state index contributed by atoms with van der Waals surface area (Å²) in [7, 11) is 2.16. The first kappa shape index (κ1) is 70.2. The standard InChI is InChI=1S/C12H17NO5.C12H19NO2.C10H14NO3P.C10H11NO3.C7H8.C4H7NO3.H2/c1-9-2-4-10(5-3-9)11(16)6-12(7-14,8-15)13(17)18;1-10-2-4-11(5-3-10)6-7-12(13,8-14)9-15;1-8-2-4-9(5-3-8)10(14-15)6-7-11(12)13;1-8-2-4-9(5-3-8)10(12)6-7-11(13)14;1-7-5-3-2-4-6-7;1-4(6)2-3-5(7)8;/h2-5,11,14-16H,6-8H2,1H3;2-5,14-15H,6-9,13H2,1H3;2-5,10H,6-7,15H2,1H3;2-5H,6-7H2,1H3;2-6H,1H3;2-3H2,1H3;1H. The van der Waals surface area contributed by atoms with Crippen LogP contribution < -0.4 is 5.73 Å². The zero-order valence-electron chi connectivity index (χ0n) is 44.6. The van der Waals surface area contributed by atoms with Crippen LogP contribution in [0.3, 0.4) is 0 Å². The lowest BCUT2D eigenvalue weighted by Crippen LogP contribution is -2.47. The molecule has 0 fully saturated rings. The molecule has 3 atom stereocenters. The molecule has 0 spiro atoms. The summed E-state index contributed by atoms with van der Waals surface area (Å²) in [5.74, 6) is -0.316. The number of benzene rings is 5. The fourth-order valence-electron chi connectivity index (χ4n) is 6.17. The van der Waals surface area contributed by atoms with Crippen LogP contribution in [0.25, 0.3) is 0 Å². The van der Waals surface area contributed by atoms with Gasteiger partial charge in [-0.3, -0.25) is 50.0 Å². The number of nitrogens with zero attached hydrogens (tertiary/aromatic N) is 4. The summed E-state index contributed by atoms with van der Waals surface area (Å²) in [5.41, 5.74) is 12.0. The second kappa shape index (κ2) is 38.7. The first-order valence-corrected chi connectivity index (χ1v) is 24.8. The maximum absolute atomic E-state index is 11.4. The zero-order chi connectivity index (χ0) is 58.6. The maximum Gasteiger partial charge on any atom is 0.270 e. The monoisotopic (exact) mass is 1100 g/mol. The molecule has 0 saturated carbocycles. The molecule has 0 aliphatic rings. The van der Waals surface area contributed by atoms with Crippen LogP contribution in [0, 0.1) is 75.1 Å². The number of ketones is 2. The van der Waals surface area contributed by atoms with Gasteiger partial charge >= 0.3 is 0 Å². The third kappa shape index (κ3) is 31.7. The largest absolute Gasteiger partial charge is 0.394 e. The number of carbonyl (C=O) groups excluding carboxylic acids is 2. The van der Waals surface area contributed by atoms with E-state index >= 15 is 0 Å². The van der Waals surface area contributed by atoms with Crippen LogP contribution in [-0.4, -0.2) is 114 Å². The van der Waals surface area contributed by atoms with Crippen molar-refractivity contribution in [2.75, 3.05) is 46.1 Å². The molecule has 5 aromatic rings. The van der Waals surface area contributed by atoms with Crippen molar-refractivity contribution in [3.8, 4) is 0 Å². The highest BCUT2D eigenvalue weighted by molar-refractivity contribution is 7.09. The van der Waals surface area contributed by atoms with E-state index in [1.165, 1.54) is 23.6 Å². The van der Waals surface area contributed by atoms with Crippen LogP contribution in [0.4, 0.5) is 0 Å². The van der Waals surface area contributed by atoms with Crippen molar-refractivity contribution < 1.29 is 60.8 Å². The van der Waals surface area contributed by atoms with Crippen LogP contribution in [0.1, 0.15) is 108 Å². The Hall–Kier alpha value is -6.81. The first-order chi connectivity index (χ1) is 36.3. The minimum Gasteiger partial charge on any atom is -0.394 e. The molecular weight excluding hydrogens is 1020 g/mol. The first-order valence-electron chi connectivity index (χ1n) is 24.3. The van der Waals surface area contributed by atoms with Crippen molar-refractivity contribution in [2.45, 2.75) is 103 Å². The third-order valence-corrected chi connectivity index (χ3v) is 11.7. The lowest BCUT2D eigenvalue weighted by molar-refractivity contribution is -0.580. The van der Waals surface area contributed by atoms with E-state index in [2.05, 4.69) is 28.5 Å². The van der Waals surface area contributed by atoms with Crippen LogP contribution in [0.2, 0.25) is 0 Å². The van der Waals surface area contributed by atoms with Crippen molar-refractivity contribution in [3.05, 3.63) is 218 Å². The number of aliphatic hydroxyl groups is 5. The number of nitrogens with two attached hydrogens (primary N) is 1. The van der Waals surface area contributed by atoms with Gasteiger partial charge in [-0.25, -0.2) is 0 Å². The molecule has 22 heteroatoms. The molecule has 0 aliphatic carbocycles. The molecule has 7 N–H and O–H groups in total. The lowest BCUT2D eigenvalue weighted by atomic mass is 9.91. The van der Waals surface area contributed by atoms with Crippen LogP contribution >= 0.6 is 9.47 Å². The van der Waals surface area contributed by atoms with E-state index in [4.69, 9.17) is 30.7 Å². The highest BCUT2D eigenvalue weighted by Crippen LogP contribution is 2.27. The minimum absolute atomic E-state index is 0. The van der Waals surface area contributed by atoms with Gasteiger partial charge in [0.2, 0.25) is 19.6 Å².